The van der Waals surface area contributed by atoms with Gasteiger partial charge in [-0.25, -0.2) is 4.57 Å². The van der Waals surface area contributed by atoms with Crippen LogP contribution in [0, 0.1) is 0 Å². The van der Waals surface area contributed by atoms with Gasteiger partial charge in [0, 0.05) is 25.8 Å². The molecule has 2 fully saturated rings. The van der Waals surface area contributed by atoms with Gasteiger partial charge in [-0.05, 0) is 17.5 Å². The quantitative estimate of drug-likeness (QED) is 0.731. The van der Waals surface area contributed by atoms with Crippen LogP contribution in [-0.2, 0) is 27.8 Å². The molecular weight excluding hydrogens is 377 g/mol. The maximum absolute atomic E-state index is 12.9. The molecule has 0 aliphatic carbocycles. The zero-order chi connectivity index (χ0) is 19.2. The van der Waals surface area contributed by atoms with Crippen molar-refractivity contribution < 1.29 is 32.7 Å². The molecule has 3 heterocycles. The number of benzene rings is 1. The van der Waals surface area contributed by atoms with Crippen molar-refractivity contribution in [1.82, 2.24) is 4.57 Å². The summed E-state index contributed by atoms with van der Waals surface area (Å²) in [6.45, 7) is 0.176. The molecule has 27 heavy (non-hydrogen) atoms. The second-order valence-electron chi connectivity index (χ2n) is 6.57. The first kappa shape index (κ1) is 18.8. The topological polar surface area (TPSA) is 105 Å². The van der Waals surface area contributed by atoms with Crippen molar-refractivity contribution in [3.63, 3.8) is 0 Å². The summed E-state index contributed by atoms with van der Waals surface area (Å²) < 4.78 is 40.3. The molecule has 3 unspecified atom stereocenters. The summed E-state index contributed by atoms with van der Waals surface area (Å²) in [6, 6.07) is 9.01. The van der Waals surface area contributed by atoms with Gasteiger partial charge < -0.3 is 19.1 Å². The summed E-state index contributed by atoms with van der Waals surface area (Å²) in [5.41, 5.74) is -1.37. The smallest absolute Gasteiger partial charge is 0.381 e. The van der Waals surface area contributed by atoms with Gasteiger partial charge in [0.05, 0.1) is 13.2 Å². The van der Waals surface area contributed by atoms with E-state index in [9.17, 15) is 14.3 Å². The van der Waals surface area contributed by atoms with Crippen molar-refractivity contribution in [2.75, 3.05) is 27.4 Å². The van der Waals surface area contributed by atoms with E-state index in [1.165, 1.54) is 11.7 Å². The Hall–Kier alpha value is -1.58. The molecule has 2 aliphatic rings. The maximum atomic E-state index is 12.9. The van der Waals surface area contributed by atoms with Gasteiger partial charge in [-0.2, -0.15) is 0 Å². The minimum atomic E-state index is -4.30. The third kappa shape index (κ3) is 3.05. The number of phosphoric ester groups is 1. The third-order valence-electron chi connectivity index (χ3n) is 4.95. The molecule has 0 radical (unpaired) electrons. The van der Waals surface area contributed by atoms with E-state index in [4.69, 9.17) is 18.7 Å². The first-order chi connectivity index (χ1) is 12.9. The summed E-state index contributed by atoms with van der Waals surface area (Å²) in [4.78, 5) is 22.7. The number of nitrogens with zero attached hydrogens (tertiary/aromatic N) is 1. The molecule has 1 aromatic heterocycles. The normalized spacial score (nSPS) is 32.0. The maximum Gasteiger partial charge on any atom is 0.472 e. The molecular formula is C17H20NO8P. The fourth-order valence-electron chi connectivity index (χ4n) is 3.71. The molecule has 146 valence electrons. The molecule has 2 aromatic rings. The van der Waals surface area contributed by atoms with Crippen LogP contribution >= 0.6 is 7.82 Å². The molecule has 0 spiro atoms. The highest BCUT2D eigenvalue weighted by Crippen LogP contribution is 2.54. The molecule has 0 saturated carbocycles. The second kappa shape index (κ2) is 6.79. The van der Waals surface area contributed by atoms with Gasteiger partial charge in [-0.1, -0.05) is 18.2 Å². The fourth-order valence-corrected chi connectivity index (χ4v) is 4.40. The number of rotatable bonds is 6. The Morgan fingerprint density at radius 1 is 1.33 bits per heavy atom. The second-order valence-corrected chi connectivity index (χ2v) is 8.09. The first-order valence-corrected chi connectivity index (χ1v) is 9.85. The zero-order valence-corrected chi connectivity index (χ0v) is 15.7. The molecule has 2 bridgehead atoms. The number of hydrogen-bond acceptors (Lipinski definition) is 7. The van der Waals surface area contributed by atoms with E-state index in [1.54, 1.807) is 24.4 Å². The van der Waals surface area contributed by atoms with Crippen LogP contribution in [-0.4, -0.2) is 54.7 Å². The molecule has 9 nitrogen and oxygen atoms in total. The van der Waals surface area contributed by atoms with Crippen molar-refractivity contribution in [2.24, 2.45) is 0 Å². The van der Waals surface area contributed by atoms with Gasteiger partial charge in [0.2, 0.25) is 0 Å². The highest BCUT2D eigenvalue weighted by atomic mass is 31.2. The highest BCUT2D eigenvalue weighted by Gasteiger charge is 2.64. The van der Waals surface area contributed by atoms with Gasteiger partial charge in [0.1, 0.15) is 17.8 Å². The fraction of sp³-hybridized carbons (Fsp3) is 0.471. The molecule has 4 rings (SSSR count). The summed E-state index contributed by atoms with van der Waals surface area (Å²) >= 11 is 0. The van der Waals surface area contributed by atoms with Gasteiger partial charge in [-0.3, -0.25) is 18.4 Å². The molecule has 10 heteroatoms. The van der Waals surface area contributed by atoms with Crippen LogP contribution < -0.4 is 5.56 Å². The van der Waals surface area contributed by atoms with Crippen LogP contribution in [0.2, 0.25) is 0 Å². The van der Waals surface area contributed by atoms with Gasteiger partial charge in [-0.15, -0.1) is 0 Å². The third-order valence-corrected chi connectivity index (χ3v) is 5.91. The van der Waals surface area contributed by atoms with Crippen LogP contribution in [0.1, 0.15) is 6.23 Å². The largest absolute Gasteiger partial charge is 0.472 e. The Labute approximate surface area is 155 Å². The van der Waals surface area contributed by atoms with E-state index in [0.29, 0.717) is 5.39 Å². The van der Waals surface area contributed by atoms with Crippen LogP contribution in [0.5, 0.6) is 0 Å². The van der Waals surface area contributed by atoms with Crippen molar-refractivity contribution in [2.45, 2.75) is 24.0 Å². The SMILES string of the molecule is COC[C@@]12COC(C(n3ccc4ccccc4c3=O)O1)[C@H]2OP(=O)(O)OC. The lowest BCUT2D eigenvalue weighted by Crippen LogP contribution is -2.45. The van der Waals surface area contributed by atoms with Crippen LogP contribution in [0.4, 0.5) is 0 Å². The van der Waals surface area contributed by atoms with Crippen LogP contribution in [0.15, 0.2) is 41.3 Å². The van der Waals surface area contributed by atoms with E-state index in [0.717, 1.165) is 12.5 Å². The number of ether oxygens (including phenoxy) is 3. The number of methoxy groups -OCH3 is 1. The standard InChI is InChI=1S/C17H20NO8P/c1-22-9-17-10-24-13(14(17)26-27(20,21)23-2)16(25-17)18-8-7-11-5-3-4-6-12(11)15(18)19/h3-8,13-14,16H,9-10H2,1-2H3,(H,20,21)/t13?,14-,16?,17+/m1/s1. The predicted octanol–water partition coefficient (Wildman–Crippen LogP) is 1.45. The van der Waals surface area contributed by atoms with Crippen LogP contribution in [0.25, 0.3) is 10.8 Å². The Balaban J connectivity index is 1.75. The molecule has 1 aromatic carbocycles. The number of phosphoric acid groups is 1. The van der Waals surface area contributed by atoms with Gasteiger partial charge in [0.25, 0.3) is 5.56 Å². The Morgan fingerprint density at radius 2 is 2.11 bits per heavy atom. The van der Waals surface area contributed by atoms with Crippen molar-refractivity contribution in [3.8, 4) is 0 Å². The summed E-state index contributed by atoms with van der Waals surface area (Å²) in [6.07, 6.45) is -0.912. The lowest BCUT2D eigenvalue weighted by molar-refractivity contribution is -0.190. The molecule has 1 N–H and O–H groups in total. The lowest BCUT2D eigenvalue weighted by atomic mass is 10.0. The predicted molar refractivity (Wildman–Crippen MR) is 94.4 cm³/mol. The minimum Gasteiger partial charge on any atom is -0.381 e. The monoisotopic (exact) mass is 397 g/mol. The van der Waals surface area contributed by atoms with Crippen LogP contribution in [0.3, 0.4) is 0 Å². The van der Waals surface area contributed by atoms with Crippen molar-refractivity contribution in [3.05, 3.63) is 46.9 Å². The Kier molecular flexibility index (Phi) is 4.72. The number of pyridine rings is 1. The minimum absolute atomic E-state index is 0.0662. The lowest BCUT2D eigenvalue weighted by Gasteiger charge is -2.31. The van der Waals surface area contributed by atoms with E-state index >= 15 is 0 Å². The number of hydrogen-bond donors (Lipinski definition) is 1. The molecule has 2 saturated heterocycles. The van der Waals surface area contributed by atoms with E-state index in [-0.39, 0.29) is 18.8 Å². The molecule has 5 atom stereocenters. The molecule has 2 aliphatic heterocycles. The van der Waals surface area contributed by atoms with Crippen molar-refractivity contribution in [1.29, 1.82) is 0 Å². The highest BCUT2D eigenvalue weighted by molar-refractivity contribution is 7.47. The van der Waals surface area contributed by atoms with E-state index < -0.39 is 31.9 Å². The Bertz CT molecular complexity index is 961. The van der Waals surface area contributed by atoms with Gasteiger partial charge in [0.15, 0.2) is 6.23 Å². The number of aromatic nitrogens is 1. The van der Waals surface area contributed by atoms with Crippen molar-refractivity contribution >= 4 is 18.6 Å². The van der Waals surface area contributed by atoms with Gasteiger partial charge >= 0.3 is 7.82 Å². The van der Waals surface area contributed by atoms with E-state index in [2.05, 4.69) is 4.52 Å². The summed E-state index contributed by atoms with van der Waals surface area (Å²) in [5, 5.41) is 1.34. The molecule has 0 amide bonds. The zero-order valence-electron chi connectivity index (χ0n) is 14.8. The number of fused-ring (bicyclic) bond motifs is 3. The Morgan fingerprint density at radius 3 is 2.85 bits per heavy atom. The average Bonchev–Trinajstić information content (AvgIpc) is 3.13. The first-order valence-electron chi connectivity index (χ1n) is 8.36. The van der Waals surface area contributed by atoms with E-state index in [1.807, 2.05) is 12.1 Å². The average molecular weight is 397 g/mol. The summed E-state index contributed by atoms with van der Waals surface area (Å²) in [7, 11) is -1.74. The summed E-state index contributed by atoms with van der Waals surface area (Å²) in [5.74, 6) is 0.